The minimum Gasteiger partial charge on any atom is -0.388 e. The Morgan fingerprint density at radius 3 is 2.47 bits per heavy atom. The van der Waals surface area contributed by atoms with Crippen molar-refractivity contribution in [1.29, 1.82) is 0 Å². The van der Waals surface area contributed by atoms with Gasteiger partial charge in [-0.1, -0.05) is 39.1 Å². The second-order valence-corrected chi connectivity index (χ2v) is 5.26. The van der Waals surface area contributed by atoms with E-state index in [9.17, 15) is 0 Å². The van der Waals surface area contributed by atoms with Crippen molar-refractivity contribution in [3.05, 3.63) is 29.3 Å². The maximum Gasteiger partial charge on any atom is 0.0419 e. The van der Waals surface area contributed by atoms with Crippen LogP contribution in [0.25, 0.3) is 0 Å². The Morgan fingerprint density at radius 2 is 2.00 bits per heavy atom. The minimum atomic E-state index is 0.319. The van der Waals surface area contributed by atoms with Crippen LogP contribution in [-0.4, -0.2) is 12.4 Å². The van der Waals surface area contributed by atoms with Gasteiger partial charge in [-0.3, -0.25) is 0 Å². The van der Waals surface area contributed by atoms with E-state index in [0.29, 0.717) is 5.41 Å². The molecule has 0 amide bonds. The first-order chi connectivity index (χ1) is 6.96. The Morgan fingerprint density at radius 1 is 1.33 bits per heavy atom. The molecule has 0 fully saturated rings. The molecule has 0 bridgehead atoms. The summed E-state index contributed by atoms with van der Waals surface area (Å²) in [6.07, 6.45) is 1.08. The Labute approximate surface area is 97.9 Å². The van der Waals surface area contributed by atoms with Gasteiger partial charge in [0.05, 0.1) is 0 Å². The highest BCUT2D eigenvalue weighted by Crippen LogP contribution is 2.23. The molecule has 0 saturated heterocycles. The summed E-state index contributed by atoms with van der Waals surface area (Å²) in [5.74, 6) is 0. The molecule has 0 radical (unpaired) electrons. The Hall–Kier alpha value is -0.890. The molecule has 0 aliphatic rings. The van der Waals surface area contributed by atoms with Crippen LogP contribution >= 0.6 is 12.2 Å². The quantitative estimate of drug-likeness (QED) is 0.782. The van der Waals surface area contributed by atoms with Crippen LogP contribution in [0, 0.1) is 5.41 Å². The maximum absolute atomic E-state index is 5.01. The van der Waals surface area contributed by atoms with E-state index in [1.165, 1.54) is 5.56 Å². The normalized spacial score (nSPS) is 11.2. The number of rotatable bonds is 3. The molecule has 1 aromatic rings. The summed E-state index contributed by atoms with van der Waals surface area (Å²) < 4.78 is 0. The zero-order valence-electron chi connectivity index (χ0n) is 9.92. The molecule has 0 aliphatic carbocycles. The molecule has 0 unspecified atom stereocenters. The fraction of sp³-hybridized carbons (Fsp3) is 0.462. The third kappa shape index (κ3) is 3.63. The average molecular weight is 221 g/mol. The predicted molar refractivity (Wildman–Crippen MR) is 71.9 cm³/mol. The fourth-order valence-corrected chi connectivity index (χ4v) is 1.85. The first-order valence-corrected chi connectivity index (χ1v) is 5.69. The summed E-state index contributed by atoms with van der Waals surface area (Å²) in [6, 6.07) is 6.43. The van der Waals surface area contributed by atoms with E-state index in [-0.39, 0.29) is 0 Å². The molecular formula is C13H19NS. The highest BCUT2D eigenvalue weighted by atomic mass is 32.1. The van der Waals surface area contributed by atoms with E-state index in [0.717, 1.165) is 17.7 Å². The van der Waals surface area contributed by atoms with Gasteiger partial charge < -0.3 is 5.32 Å². The van der Waals surface area contributed by atoms with E-state index in [2.05, 4.69) is 44.3 Å². The molecule has 0 heterocycles. The van der Waals surface area contributed by atoms with Gasteiger partial charge in [-0.05, 0) is 29.5 Å². The summed E-state index contributed by atoms with van der Waals surface area (Å²) in [6.45, 7) is 6.74. The van der Waals surface area contributed by atoms with Gasteiger partial charge in [-0.2, -0.15) is 0 Å². The van der Waals surface area contributed by atoms with Crippen LogP contribution in [0.1, 0.15) is 31.9 Å². The summed E-state index contributed by atoms with van der Waals surface area (Å²) in [5.41, 5.74) is 3.87. The highest BCUT2D eigenvalue weighted by molar-refractivity contribution is 7.79. The van der Waals surface area contributed by atoms with Crippen molar-refractivity contribution in [2.24, 2.45) is 5.41 Å². The first kappa shape index (κ1) is 12.2. The van der Waals surface area contributed by atoms with Crippen molar-refractivity contribution >= 4 is 23.3 Å². The third-order valence-electron chi connectivity index (χ3n) is 2.25. The molecule has 0 saturated carbocycles. The monoisotopic (exact) mass is 221 g/mol. The highest BCUT2D eigenvalue weighted by Gasteiger charge is 2.11. The molecule has 0 aliphatic heterocycles. The van der Waals surface area contributed by atoms with Crippen LogP contribution in [0.15, 0.2) is 18.2 Å². The molecule has 1 rings (SSSR count). The zero-order valence-corrected chi connectivity index (χ0v) is 10.7. The van der Waals surface area contributed by atoms with Crippen molar-refractivity contribution in [1.82, 2.24) is 0 Å². The summed E-state index contributed by atoms with van der Waals surface area (Å²) in [7, 11) is 1.92. The van der Waals surface area contributed by atoms with Crippen LogP contribution in [0.5, 0.6) is 0 Å². The lowest BCUT2D eigenvalue weighted by molar-refractivity contribution is 0.411. The number of thiocarbonyl (C=S) groups is 1. The van der Waals surface area contributed by atoms with Crippen LogP contribution in [0.2, 0.25) is 0 Å². The summed E-state index contributed by atoms with van der Waals surface area (Å²) in [4.78, 5) is 0. The molecule has 0 aromatic heterocycles. The molecule has 2 heteroatoms. The largest absolute Gasteiger partial charge is 0.388 e. The van der Waals surface area contributed by atoms with Crippen LogP contribution in [-0.2, 0) is 6.42 Å². The van der Waals surface area contributed by atoms with Gasteiger partial charge in [0.25, 0.3) is 0 Å². The van der Waals surface area contributed by atoms with Crippen LogP contribution < -0.4 is 5.32 Å². The lowest BCUT2D eigenvalue weighted by Crippen LogP contribution is -2.09. The van der Waals surface area contributed by atoms with E-state index < -0.39 is 0 Å². The van der Waals surface area contributed by atoms with Crippen LogP contribution in [0.3, 0.4) is 0 Å². The summed E-state index contributed by atoms with van der Waals surface area (Å²) >= 11 is 5.01. The molecule has 1 N–H and O–H groups in total. The molecule has 1 aromatic carbocycles. The van der Waals surface area contributed by atoms with Crippen molar-refractivity contribution in [3.8, 4) is 0 Å². The van der Waals surface area contributed by atoms with Crippen LogP contribution in [0.4, 0.5) is 5.69 Å². The standard InChI is InChI=1S/C13H19NS/c1-13(2,3)8-10-5-6-12(14-4)11(7-10)9-15/h5-7,9,14H,8H2,1-4H3. The Bertz CT molecular complexity index is 350. The first-order valence-electron chi connectivity index (χ1n) is 5.22. The number of benzene rings is 1. The van der Waals surface area contributed by atoms with Gasteiger partial charge in [-0.25, -0.2) is 0 Å². The molecule has 0 atom stereocenters. The minimum absolute atomic E-state index is 0.319. The molecule has 1 nitrogen and oxygen atoms in total. The Balaban J connectivity index is 2.98. The average Bonchev–Trinajstić information content (AvgIpc) is 2.15. The molecule has 0 spiro atoms. The van der Waals surface area contributed by atoms with E-state index in [1.807, 2.05) is 7.05 Å². The fourth-order valence-electron chi connectivity index (χ4n) is 1.66. The summed E-state index contributed by atoms with van der Waals surface area (Å²) in [5, 5.41) is 4.87. The van der Waals surface area contributed by atoms with Gasteiger partial charge in [-0.15, -0.1) is 0 Å². The number of hydrogen-bond donors (Lipinski definition) is 1. The van der Waals surface area contributed by atoms with Crippen molar-refractivity contribution < 1.29 is 0 Å². The van der Waals surface area contributed by atoms with Gasteiger partial charge >= 0.3 is 0 Å². The number of nitrogens with one attached hydrogen (secondary N) is 1. The second kappa shape index (κ2) is 4.75. The van der Waals surface area contributed by atoms with Gasteiger partial charge in [0, 0.05) is 23.7 Å². The number of hydrogen-bond acceptors (Lipinski definition) is 2. The van der Waals surface area contributed by atoms with Gasteiger partial charge in [0.2, 0.25) is 0 Å². The van der Waals surface area contributed by atoms with Gasteiger partial charge in [0.15, 0.2) is 0 Å². The SMILES string of the molecule is CNc1ccc(CC(C)(C)C)cc1C=S. The van der Waals surface area contributed by atoms with E-state index in [1.54, 1.807) is 5.37 Å². The smallest absolute Gasteiger partial charge is 0.0419 e. The second-order valence-electron chi connectivity index (χ2n) is 5.03. The Kier molecular flexibility index (Phi) is 3.86. The maximum atomic E-state index is 5.01. The van der Waals surface area contributed by atoms with Crippen molar-refractivity contribution in [3.63, 3.8) is 0 Å². The molecule has 15 heavy (non-hydrogen) atoms. The van der Waals surface area contributed by atoms with E-state index >= 15 is 0 Å². The lowest BCUT2D eigenvalue weighted by Gasteiger charge is -2.19. The molecular weight excluding hydrogens is 202 g/mol. The van der Waals surface area contributed by atoms with Crippen molar-refractivity contribution in [2.45, 2.75) is 27.2 Å². The third-order valence-corrected chi connectivity index (χ3v) is 2.50. The zero-order chi connectivity index (χ0) is 11.5. The topological polar surface area (TPSA) is 12.0 Å². The number of anilines is 1. The lowest BCUT2D eigenvalue weighted by atomic mass is 9.87. The van der Waals surface area contributed by atoms with Crippen molar-refractivity contribution in [2.75, 3.05) is 12.4 Å². The predicted octanol–water partition coefficient (Wildman–Crippen LogP) is 3.66. The van der Waals surface area contributed by atoms with Gasteiger partial charge in [0.1, 0.15) is 0 Å². The van der Waals surface area contributed by atoms with E-state index in [4.69, 9.17) is 12.2 Å². The molecule has 82 valence electrons.